The minimum atomic E-state index is 0.384. The highest BCUT2D eigenvalue weighted by molar-refractivity contribution is 7.13. The molecular formula is C10H11N5OS. The van der Waals surface area contributed by atoms with Gasteiger partial charge in [-0.05, 0) is 19.8 Å². The smallest absolute Gasteiger partial charge is 0.234 e. The van der Waals surface area contributed by atoms with Gasteiger partial charge in [0.25, 0.3) is 0 Å². The Labute approximate surface area is 102 Å². The van der Waals surface area contributed by atoms with E-state index >= 15 is 0 Å². The van der Waals surface area contributed by atoms with Crippen molar-refractivity contribution in [2.24, 2.45) is 0 Å². The Morgan fingerprint density at radius 3 is 2.71 bits per heavy atom. The van der Waals surface area contributed by atoms with Crippen LogP contribution in [0.25, 0.3) is 5.13 Å². The zero-order valence-electron chi connectivity index (χ0n) is 9.33. The normalized spacial score (nSPS) is 15.8. The summed E-state index contributed by atoms with van der Waals surface area (Å²) in [5.41, 5.74) is 1.32. The molecule has 2 heterocycles. The Hall–Kier alpha value is -1.63. The van der Waals surface area contributed by atoms with E-state index in [1.54, 1.807) is 4.68 Å². The molecule has 1 aliphatic carbocycles. The number of hydrogen-bond donors (Lipinski definition) is 0. The maximum atomic E-state index is 11.0. The first-order valence-corrected chi connectivity index (χ1v) is 6.32. The first kappa shape index (κ1) is 10.5. The highest BCUT2D eigenvalue weighted by Gasteiger charge is 2.29. The van der Waals surface area contributed by atoms with Crippen molar-refractivity contribution in [1.82, 2.24) is 25.2 Å². The third-order valence-electron chi connectivity index (χ3n) is 3.03. The van der Waals surface area contributed by atoms with Crippen molar-refractivity contribution >= 4 is 17.6 Å². The van der Waals surface area contributed by atoms with Crippen LogP contribution in [0.3, 0.4) is 0 Å². The second-order valence-corrected chi connectivity index (χ2v) is 5.28. The quantitative estimate of drug-likeness (QED) is 0.771. The standard InChI is InChI=1S/C10H11N5OS/c1-6-11-13-10(17-6)15-9(7-3-2-4-7)8(5-16)12-14-15/h5,7H,2-4H2,1H3. The van der Waals surface area contributed by atoms with E-state index in [2.05, 4.69) is 20.5 Å². The van der Waals surface area contributed by atoms with Gasteiger partial charge in [-0.25, -0.2) is 0 Å². The molecule has 0 unspecified atom stereocenters. The van der Waals surface area contributed by atoms with Gasteiger partial charge in [-0.2, -0.15) is 4.68 Å². The zero-order valence-corrected chi connectivity index (χ0v) is 10.1. The summed E-state index contributed by atoms with van der Waals surface area (Å²) in [4.78, 5) is 11.0. The topological polar surface area (TPSA) is 73.6 Å². The van der Waals surface area contributed by atoms with E-state index in [1.807, 2.05) is 6.92 Å². The average molecular weight is 249 g/mol. The molecule has 0 amide bonds. The Kier molecular flexibility index (Phi) is 2.47. The van der Waals surface area contributed by atoms with Gasteiger partial charge >= 0.3 is 0 Å². The molecule has 0 N–H and O–H groups in total. The van der Waals surface area contributed by atoms with Crippen molar-refractivity contribution in [2.45, 2.75) is 32.1 Å². The molecule has 17 heavy (non-hydrogen) atoms. The lowest BCUT2D eigenvalue weighted by molar-refractivity contribution is 0.111. The van der Waals surface area contributed by atoms with Crippen LogP contribution in [-0.4, -0.2) is 31.5 Å². The molecule has 2 aromatic rings. The fourth-order valence-corrected chi connectivity index (χ4v) is 2.61. The minimum Gasteiger partial charge on any atom is -0.296 e. The molecule has 7 heteroatoms. The maximum Gasteiger partial charge on any atom is 0.234 e. The number of rotatable bonds is 3. The van der Waals surface area contributed by atoms with Gasteiger partial charge in [-0.1, -0.05) is 23.0 Å². The van der Waals surface area contributed by atoms with E-state index in [9.17, 15) is 4.79 Å². The second kappa shape index (κ2) is 3.99. The molecule has 0 atom stereocenters. The number of aromatic nitrogens is 5. The van der Waals surface area contributed by atoms with Gasteiger partial charge in [-0.3, -0.25) is 4.79 Å². The van der Waals surface area contributed by atoms with Gasteiger partial charge in [0, 0.05) is 5.92 Å². The van der Waals surface area contributed by atoms with E-state index in [1.165, 1.54) is 17.8 Å². The number of carbonyl (C=O) groups is 1. The lowest BCUT2D eigenvalue weighted by Gasteiger charge is -2.25. The van der Waals surface area contributed by atoms with Gasteiger partial charge in [0.15, 0.2) is 6.29 Å². The molecule has 0 spiro atoms. The Morgan fingerprint density at radius 2 is 2.18 bits per heavy atom. The van der Waals surface area contributed by atoms with Gasteiger partial charge in [0.1, 0.15) is 10.7 Å². The highest BCUT2D eigenvalue weighted by atomic mass is 32.1. The predicted octanol–water partition coefficient (Wildman–Crippen LogP) is 1.51. The van der Waals surface area contributed by atoms with Gasteiger partial charge in [-0.15, -0.1) is 15.3 Å². The first-order chi connectivity index (χ1) is 8.29. The van der Waals surface area contributed by atoms with E-state index < -0.39 is 0 Å². The van der Waals surface area contributed by atoms with Crippen molar-refractivity contribution in [3.63, 3.8) is 0 Å². The molecule has 88 valence electrons. The van der Waals surface area contributed by atoms with Crippen LogP contribution in [0.15, 0.2) is 0 Å². The summed E-state index contributed by atoms with van der Waals surface area (Å²) in [5.74, 6) is 0.384. The Balaban J connectivity index is 2.09. The summed E-state index contributed by atoms with van der Waals surface area (Å²) in [5, 5.41) is 17.5. The van der Waals surface area contributed by atoms with Gasteiger partial charge in [0.2, 0.25) is 5.13 Å². The van der Waals surface area contributed by atoms with Crippen LogP contribution in [0.1, 0.15) is 46.4 Å². The average Bonchev–Trinajstić information content (AvgIpc) is 2.82. The van der Waals surface area contributed by atoms with Crippen LogP contribution in [0.2, 0.25) is 0 Å². The highest BCUT2D eigenvalue weighted by Crippen LogP contribution is 2.38. The van der Waals surface area contributed by atoms with Gasteiger partial charge in [0.05, 0.1) is 5.69 Å². The molecule has 0 radical (unpaired) electrons. The second-order valence-electron chi connectivity index (χ2n) is 4.12. The number of aldehydes is 1. The van der Waals surface area contributed by atoms with E-state index in [4.69, 9.17) is 0 Å². The largest absolute Gasteiger partial charge is 0.296 e. The molecule has 1 fully saturated rings. The number of hydrogen-bond acceptors (Lipinski definition) is 6. The molecule has 0 aliphatic heterocycles. The van der Waals surface area contributed by atoms with E-state index in [0.29, 0.717) is 16.7 Å². The summed E-state index contributed by atoms with van der Waals surface area (Å²) in [7, 11) is 0. The van der Waals surface area contributed by atoms with Crippen molar-refractivity contribution in [3.8, 4) is 5.13 Å². The summed E-state index contributed by atoms with van der Waals surface area (Å²) in [6, 6.07) is 0. The SMILES string of the molecule is Cc1nnc(-n2nnc(C=O)c2C2CCC2)s1. The fourth-order valence-electron chi connectivity index (χ4n) is 1.96. The zero-order chi connectivity index (χ0) is 11.8. The summed E-state index contributed by atoms with van der Waals surface area (Å²) >= 11 is 1.45. The number of carbonyl (C=O) groups excluding carboxylic acids is 1. The van der Waals surface area contributed by atoms with Crippen LogP contribution in [0.4, 0.5) is 0 Å². The van der Waals surface area contributed by atoms with Crippen LogP contribution >= 0.6 is 11.3 Å². The monoisotopic (exact) mass is 249 g/mol. The maximum absolute atomic E-state index is 11.0. The third-order valence-corrected chi connectivity index (χ3v) is 3.85. The van der Waals surface area contributed by atoms with Crippen LogP contribution in [0.5, 0.6) is 0 Å². The van der Waals surface area contributed by atoms with Crippen molar-refractivity contribution in [1.29, 1.82) is 0 Å². The molecule has 1 aliphatic rings. The van der Waals surface area contributed by atoms with Crippen molar-refractivity contribution in [2.75, 3.05) is 0 Å². The van der Waals surface area contributed by atoms with Crippen LogP contribution in [0, 0.1) is 6.92 Å². The van der Waals surface area contributed by atoms with Crippen LogP contribution in [-0.2, 0) is 0 Å². The fraction of sp³-hybridized carbons (Fsp3) is 0.500. The minimum absolute atomic E-state index is 0.384. The van der Waals surface area contributed by atoms with Crippen LogP contribution < -0.4 is 0 Å². The van der Waals surface area contributed by atoms with Crippen molar-refractivity contribution < 1.29 is 4.79 Å². The first-order valence-electron chi connectivity index (χ1n) is 5.51. The molecule has 0 aromatic carbocycles. The molecule has 0 bridgehead atoms. The predicted molar refractivity (Wildman–Crippen MR) is 61.5 cm³/mol. The Bertz CT molecular complexity index is 557. The molecular weight excluding hydrogens is 238 g/mol. The lowest BCUT2D eigenvalue weighted by Crippen LogP contribution is -2.15. The molecule has 1 saturated carbocycles. The number of aryl methyl sites for hydroxylation is 1. The molecule has 0 saturated heterocycles. The summed E-state index contributed by atoms with van der Waals surface area (Å²) in [6.45, 7) is 1.89. The number of nitrogens with zero attached hydrogens (tertiary/aromatic N) is 5. The molecule has 2 aromatic heterocycles. The third kappa shape index (κ3) is 1.66. The van der Waals surface area contributed by atoms with Crippen molar-refractivity contribution in [3.05, 3.63) is 16.4 Å². The summed E-state index contributed by atoms with van der Waals surface area (Å²) < 4.78 is 1.66. The van der Waals surface area contributed by atoms with E-state index in [0.717, 1.165) is 29.8 Å². The molecule has 6 nitrogen and oxygen atoms in total. The Morgan fingerprint density at radius 1 is 1.35 bits per heavy atom. The van der Waals surface area contributed by atoms with E-state index in [-0.39, 0.29) is 0 Å². The molecule has 3 rings (SSSR count). The summed E-state index contributed by atoms with van der Waals surface area (Å²) in [6.07, 6.45) is 4.15. The lowest BCUT2D eigenvalue weighted by atomic mass is 9.82. The van der Waals surface area contributed by atoms with Gasteiger partial charge < -0.3 is 0 Å².